The second-order valence-corrected chi connectivity index (χ2v) is 4.27. The summed E-state index contributed by atoms with van der Waals surface area (Å²) in [5.41, 5.74) is 1.11. The molecule has 0 bridgehead atoms. The lowest BCUT2D eigenvalue weighted by molar-refractivity contribution is -0.869. The average Bonchev–Trinajstić information content (AvgIpc) is 2.40. The number of amides is 1. The third-order valence-electron chi connectivity index (χ3n) is 2.71. The van der Waals surface area contributed by atoms with Crippen molar-refractivity contribution in [2.24, 2.45) is 0 Å². The number of anilines is 1. The summed E-state index contributed by atoms with van der Waals surface area (Å²) in [6, 6.07) is 3.85. The smallest absolute Gasteiger partial charge is 0.378 e. The fourth-order valence-electron chi connectivity index (χ4n) is 1.67. The first-order chi connectivity index (χ1) is 8.66. The quantitative estimate of drug-likeness (QED) is 0.691. The molecule has 0 radical (unpaired) electrons. The van der Waals surface area contributed by atoms with Crippen molar-refractivity contribution in [2.75, 3.05) is 45.3 Å². The molecule has 18 heavy (non-hydrogen) atoms. The van der Waals surface area contributed by atoms with Crippen molar-refractivity contribution in [1.29, 1.82) is 0 Å². The maximum atomic E-state index is 11.4. The van der Waals surface area contributed by atoms with Crippen LogP contribution in [0.2, 0.25) is 0 Å². The average molecular weight is 252 g/mol. The molecular formula is C12H18N3O3+. The Balaban J connectivity index is 1.98. The number of ether oxygens (including phenoxy) is 1. The van der Waals surface area contributed by atoms with E-state index in [1.54, 1.807) is 26.5 Å². The summed E-state index contributed by atoms with van der Waals surface area (Å²) < 4.78 is 6.70. The second-order valence-electron chi connectivity index (χ2n) is 4.27. The highest BCUT2D eigenvalue weighted by Gasteiger charge is 2.15. The predicted octanol–water partition coefficient (Wildman–Crippen LogP) is -0.0791. The zero-order valence-electron chi connectivity index (χ0n) is 10.7. The van der Waals surface area contributed by atoms with Gasteiger partial charge in [-0.1, -0.05) is 0 Å². The number of morpholine rings is 1. The van der Waals surface area contributed by atoms with E-state index in [1.165, 1.54) is 9.63 Å². The Bertz CT molecular complexity index is 400. The van der Waals surface area contributed by atoms with Gasteiger partial charge in [-0.05, 0) is 0 Å². The van der Waals surface area contributed by atoms with Crippen molar-refractivity contribution >= 4 is 11.8 Å². The highest BCUT2D eigenvalue weighted by Crippen LogP contribution is 2.12. The minimum absolute atomic E-state index is 0.404. The maximum Gasteiger partial charge on any atom is 0.477 e. The third kappa shape index (κ3) is 3.10. The van der Waals surface area contributed by atoms with Gasteiger partial charge in [0.15, 0.2) is 0 Å². The molecular weight excluding hydrogens is 234 g/mol. The Labute approximate surface area is 106 Å². The Morgan fingerprint density at radius 3 is 2.50 bits per heavy atom. The first-order valence-corrected chi connectivity index (χ1v) is 5.90. The Morgan fingerprint density at radius 2 is 1.94 bits per heavy atom. The van der Waals surface area contributed by atoms with E-state index in [0.717, 1.165) is 32.0 Å². The lowest BCUT2D eigenvalue weighted by Crippen LogP contribution is -2.49. The zero-order chi connectivity index (χ0) is 13.0. The maximum absolute atomic E-state index is 11.4. The van der Waals surface area contributed by atoms with Gasteiger partial charge in [-0.15, -0.1) is 0 Å². The minimum atomic E-state index is -0.404. The monoisotopic (exact) mass is 252 g/mol. The number of hydrogen-bond donors (Lipinski definition) is 0. The number of carbonyl (C=O) groups excluding carboxylic acids is 1. The molecule has 98 valence electrons. The molecule has 0 aromatic carbocycles. The largest absolute Gasteiger partial charge is 0.477 e. The van der Waals surface area contributed by atoms with Crippen LogP contribution in [-0.2, 0) is 4.74 Å². The van der Waals surface area contributed by atoms with E-state index >= 15 is 0 Å². The van der Waals surface area contributed by atoms with Gasteiger partial charge in [0.2, 0.25) is 12.4 Å². The van der Waals surface area contributed by atoms with Crippen molar-refractivity contribution in [3.05, 3.63) is 24.5 Å². The van der Waals surface area contributed by atoms with Gasteiger partial charge in [0, 0.05) is 49.7 Å². The second kappa shape index (κ2) is 5.68. The molecule has 1 aromatic rings. The molecule has 1 aromatic heterocycles. The standard InChI is InChI=1S/C12H18N3O3/c1-13(2)12(16)18-15-5-3-11(4-6-15)14-7-9-17-10-8-14/h3-6H,7-10H2,1-2H3/q+1. The number of carbonyl (C=O) groups is 1. The lowest BCUT2D eigenvalue weighted by atomic mass is 10.3. The van der Waals surface area contributed by atoms with E-state index in [0.29, 0.717) is 0 Å². The fourth-order valence-corrected chi connectivity index (χ4v) is 1.67. The SMILES string of the molecule is CN(C)C(=O)O[n+]1ccc(N2CCOCC2)cc1. The molecule has 0 spiro atoms. The van der Waals surface area contributed by atoms with Crippen molar-refractivity contribution in [3.63, 3.8) is 0 Å². The molecule has 1 saturated heterocycles. The van der Waals surface area contributed by atoms with Gasteiger partial charge < -0.3 is 14.5 Å². The molecule has 1 amide bonds. The lowest BCUT2D eigenvalue weighted by Gasteiger charge is -2.28. The van der Waals surface area contributed by atoms with Crippen LogP contribution in [0, 0.1) is 0 Å². The Hall–Kier alpha value is -1.82. The summed E-state index contributed by atoms with van der Waals surface area (Å²) in [5, 5.41) is 0. The van der Waals surface area contributed by atoms with Gasteiger partial charge in [-0.25, -0.2) is 4.79 Å². The Kier molecular flexibility index (Phi) is 3.99. The van der Waals surface area contributed by atoms with E-state index in [9.17, 15) is 4.79 Å². The van der Waals surface area contributed by atoms with Crippen molar-refractivity contribution in [3.8, 4) is 0 Å². The van der Waals surface area contributed by atoms with Gasteiger partial charge in [0.05, 0.1) is 13.2 Å². The van der Waals surface area contributed by atoms with E-state index in [2.05, 4.69) is 4.90 Å². The van der Waals surface area contributed by atoms with E-state index in [4.69, 9.17) is 9.57 Å². The van der Waals surface area contributed by atoms with E-state index in [1.807, 2.05) is 12.1 Å². The van der Waals surface area contributed by atoms with Gasteiger partial charge in [-0.2, -0.15) is 4.84 Å². The molecule has 1 aliphatic rings. The number of nitrogens with zero attached hydrogens (tertiary/aromatic N) is 3. The summed E-state index contributed by atoms with van der Waals surface area (Å²) in [4.78, 5) is 20.0. The number of hydrogen-bond acceptors (Lipinski definition) is 4. The molecule has 1 aliphatic heterocycles. The van der Waals surface area contributed by atoms with Crippen LogP contribution in [0.25, 0.3) is 0 Å². The molecule has 1 fully saturated rings. The van der Waals surface area contributed by atoms with Crippen LogP contribution >= 0.6 is 0 Å². The van der Waals surface area contributed by atoms with Crippen molar-refractivity contribution in [1.82, 2.24) is 4.90 Å². The van der Waals surface area contributed by atoms with Crippen LogP contribution in [0.1, 0.15) is 0 Å². The highest BCUT2D eigenvalue weighted by atomic mass is 16.7. The zero-order valence-corrected chi connectivity index (χ0v) is 10.7. The Morgan fingerprint density at radius 1 is 1.33 bits per heavy atom. The van der Waals surface area contributed by atoms with Crippen LogP contribution in [0.5, 0.6) is 0 Å². The molecule has 0 atom stereocenters. The van der Waals surface area contributed by atoms with Gasteiger partial charge in [-0.3, -0.25) is 0 Å². The predicted molar refractivity (Wildman–Crippen MR) is 65.3 cm³/mol. The first-order valence-electron chi connectivity index (χ1n) is 5.90. The van der Waals surface area contributed by atoms with Gasteiger partial charge >= 0.3 is 6.09 Å². The molecule has 0 N–H and O–H groups in total. The topological polar surface area (TPSA) is 45.9 Å². The van der Waals surface area contributed by atoms with Crippen molar-refractivity contribution < 1.29 is 19.1 Å². The van der Waals surface area contributed by atoms with Crippen LogP contribution < -0.4 is 14.5 Å². The van der Waals surface area contributed by atoms with E-state index in [-0.39, 0.29) is 0 Å². The summed E-state index contributed by atoms with van der Waals surface area (Å²) in [6.45, 7) is 3.29. The van der Waals surface area contributed by atoms with Crippen LogP contribution in [0.15, 0.2) is 24.5 Å². The molecule has 2 heterocycles. The normalized spacial score (nSPS) is 15.3. The summed E-state index contributed by atoms with van der Waals surface area (Å²) >= 11 is 0. The molecule has 2 rings (SSSR count). The molecule has 6 nitrogen and oxygen atoms in total. The number of pyridine rings is 1. The van der Waals surface area contributed by atoms with Crippen molar-refractivity contribution in [2.45, 2.75) is 0 Å². The van der Waals surface area contributed by atoms with Crippen LogP contribution in [0.4, 0.5) is 10.5 Å². The minimum Gasteiger partial charge on any atom is -0.378 e. The van der Waals surface area contributed by atoms with E-state index < -0.39 is 6.09 Å². The molecule has 0 unspecified atom stereocenters. The third-order valence-corrected chi connectivity index (χ3v) is 2.71. The molecule has 0 saturated carbocycles. The fraction of sp³-hybridized carbons (Fsp3) is 0.500. The molecule has 0 aliphatic carbocycles. The summed E-state index contributed by atoms with van der Waals surface area (Å²) in [6.07, 6.45) is 3.05. The summed E-state index contributed by atoms with van der Waals surface area (Å²) in [5.74, 6) is 0. The first kappa shape index (κ1) is 12.6. The number of rotatable bonds is 2. The van der Waals surface area contributed by atoms with Crippen LogP contribution in [-0.4, -0.2) is 51.4 Å². The van der Waals surface area contributed by atoms with Gasteiger partial charge in [0.25, 0.3) is 0 Å². The van der Waals surface area contributed by atoms with Crippen LogP contribution in [0.3, 0.4) is 0 Å². The molecule has 6 heteroatoms. The summed E-state index contributed by atoms with van der Waals surface area (Å²) in [7, 11) is 3.29. The highest BCUT2D eigenvalue weighted by molar-refractivity contribution is 5.66. The van der Waals surface area contributed by atoms with Gasteiger partial charge in [0.1, 0.15) is 0 Å². The number of aromatic nitrogens is 1.